The van der Waals surface area contributed by atoms with Crippen molar-refractivity contribution in [1.82, 2.24) is 9.80 Å². The van der Waals surface area contributed by atoms with Crippen LogP contribution in [0.15, 0.2) is 30.3 Å². The number of carbonyl (C=O) groups excluding carboxylic acids is 1. The van der Waals surface area contributed by atoms with Gasteiger partial charge in [-0.15, -0.1) is 0 Å². The lowest BCUT2D eigenvalue weighted by molar-refractivity contribution is -0.184. The predicted molar refractivity (Wildman–Crippen MR) is 101 cm³/mol. The Morgan fingerprint density at radius 1 is 1.12 bits per heavy atom. The molecule has 1 fully saturated rings. The van der Waals surface area contributed by atoms with Crippen molar-refractivity contribution in [2.24, 2.45) is 0 Å². The first-order valence-corrected chi connectivity index (χ1v) is 9.15. The quantitative estimate of drug-likeness (QED) is 0.870. The van der Waals surface area contributed by atoms with Crippen LogP contribution in [0.2, 0.25) is 0 Å². The van der Waals surface area contributed by atoms with E-state index in [0.29, 0.717) is 32.6 Å². The minimum Gasteiger partial charge on any atom is -0.444 e. The van der Waals surface area contributed by atoms with E-state index in [2.05, 4.69) is 0 Å². The molecule has 26 heavy (non-hydrogen) atoms. The van der Waals surface area contributed by atoms with Crippen molar-refractivity contribution >= 4 is 6.09 Å². The number of amides is 1. The fourth-order valence-electron chi connectivity index (χ4n) is 3.20. The van der Waals surface area contributed by atoms with Crippen LogP contribution in [0.25, 0.3) is 0 Å². The molecule has 1 aromatic carbocycles. The predicted octanol–water partition coefficient (Wildman–Crippen LogP) is 2.51. The van der Waals surface area contributed by atoms with Crippen molar-refractivity contribution in [2.45, 2.75) is 51.5 Å². The molecule has 2 atom stereocenters. The lowest BCUT2D eigenvalue weighted by Crippen LogP contribution is -2.62. The summed E-state index contributed by atoms with van der Waals surface area (Å²) >= 11 is 0. The third kappa shape index (κ3) is 5.43. The Balaban J connectivity index is 1.96. The average Bonchev–Trinajstić information content (AvgIpc) is 2.59. The molecular weight excluding hydrogens is 332 g/mol. The summed E-state index contributed by atoms with van der Waals surface area (Å²) in [6, 6.07) is 10.00. The number of hydrogen-bond donors (Lipinski definition) is 1. The maximum atomic E-state index is 12.2. The molecule has 1 N–H and O–H groups in total. The fraction of sp³-hybridized carbons (Fsp3) is 0.650. The molecule has 6 heteroatoms. The summed E-state index contributed by atoms with van der Waals surface area (Å²) in [7, 11) is 1.62. The molecule has 0 aromatic heterocycles. The zero-order chi connectivity index (χ0) is 19.4. The van der Waals surface area contributed by atoms with E-state index in [1.54, 1.807) is 18.9 Å². The van der Waals surface area contributed by atoms with Crippen molar-refractivity contribution in [2.75, 3.05) is 33.3 Å². The summed E-state index contributed by atoms with van der Waals surface area (Å²) in [4.78, 5) is 15.9. The molecule has 1 saturated heterocycles. The van der Waals surface area contributed by atoms with Gasteiger partial charge in [-0.2, -0.15) is 0 Å². The van der Waals surface area contributed by atoms with E-state index >= 15 is 0 Å². The number of benzene rings is 1. The summed E-state index contributed by atoms with van der Waals surface area (Å²) in [6.45, 7) is 9.55. The monoisotopic (exact) mass is 364 g/mol. The van der Waals surface area contributed by atoms with Gasteiger partial charge in [-0.05, 0) is 33.3 Å². The molecule has 146 valence electrons. The number of aliphatic hydroxyl groups is 1. The van der Waals surface area contributed by atoms with Gasteiger partial charge in [0.15, 0.2) is 0 Å². The smallest absolute Gasteiger partial charge is 0.410 e. The number of carbonyl (C=O) groups is 1. The van der Waals surface area contributed by atoms with Crippen molar-refractivity contribution in [3.05, 3.63) is 35.9 Å². The molecule has 0 saturated carbocycles. The molecule has 1 aliphatic rings. The Kier molecular flexibility index (Phi) is 6.66. The summed E-state index contributed by atoms with van der Waals surface area (Å²) in [5.41, 5.74) is -0.506. The molecule has 1 aliphatic heterocycles. The number of rotatable bonds is 5. The van der Waals surface area contributed by atoms with Crippen molar-refractivity contribution < 1.29 is 19.4 Å². The van der Waals surface area contributed by atoms with Gasteiger partial charge in [0.05, 0.1) is 0 Å². The number of methoxy groups -OCH3 is 1. The zero-order valence-electron chi connectivity index (χ0n) is 16.6. The van der Waals surface area contributed by atoms with E-state index in [4.69, 9.17) is 9.47 Å². The average molecular weight is 364 g/mol. The first-order valence-electron chi connectivity index (χ1n) is 9.15. The lowest BCUT2D eigenvalue weighted by atomic mass is 9.98. The van der Waals surface area contributed by atoms with E-state index in [-0.39, 0.29) is 12.2 Å². The summed E-state index contributed by atoms with van der Waals surface area (Å²) in [6.07, 6.45) is -0.0428. The van der Waals surface area contributed by atoms with Crippen LogP contribution >= 0.6 is 0 Å². The molecule has 1 aromatic rings. The summed E-state index contributed by atoms with van der Waals surface area (Å²) in [5.74, 6) is 0. The minimum atomic E-state index is -1.12. The van der Waals surface area contributed by atoms with Crippen LogP contribution < -0.4 is 0 Å². The van der Waals surface area contributed by atoms with Crippen molar-refractivity contribution in [1.29, 1.82) is 0 Å². The van der Waals surface area contributed by atoms with Crippen LogP contribution in [-0.4, -0.2) is 71.7 Å². The first-order chi connectivity index (χ1) is 12.1. The van der Waals surface area contributed by atoms with Gasteiger partial charge in [0.2, 0.25) is 0 Å². The topological polar surface area (TPSA) is 62.2 Å². The Labute approximate surface area is 156 Å². The zero-order valence-corrected chi connectivity index (χ0v) is 16.6. The Morgan fingerprint density at radius 2 is 1.69 bits per heavy atom. The van der Waals surface area contributed by atoms with E-state index in [0.717, 1.165) is 5.56 Å². The Hall–Kier alpha value is -1.63. The van der Waals surface area contributed by atoms with Crippen LogP contribution in [0.3, 0.4) is 0 Å². The maximum absolute atomic E-state index is 12.2. The molecular formula is C20H32N2O4. The van der Waals surface area contributed by atoms with Crippen LogP contribution in [0, 0.1) is 0 Å². The van der Waals surface area contributed by atoms with Gasteiger partial charge in [0, 0.05) is 39.7 Å². The second-order valence-electron chi connectivity index (χ2n) is 7.96. The highest BCUT2D eigenvalue weighted by Gasteiger charge is 2.40. The molecule has 0 radical (unpaired) electrons. The Bertz CT molecular complexity index is 575. The highest BCUT2D eigenvalue weighted by Crippen LogP contribution is 2.24. The molecule has 0 unspecified atom stereocenters. The number of nitrogens with zero attached hydrogens (tertiary/aromatic N) is 2. The van der Waals surface area contributed by atoms with Gasteiger partial charge < -0.3 is 19.5 Å². The number of piperazine rings is 1. The van der Waals surface area contributed by atoms with E-state index in [9.17, 15) is 9.90 Å². The molecule has 1 heterocycles. The van der Waals surface area contributed by atoms with Gasteiger partial charge in [0.1, 0.15) is 17.4 Å². The standard InChI is InChI=1S/C20H32N2O4/c1-19(2,3)26-18(23)21-11-13-22(14-12-21)20(4,24)17(25-5)15-16-9-7-6-8-10-16/h6-10,17,24H,11-15H2,1-5H3/t17-,20+/m0/s1. The largest absolute Gasteiger partial charge is 0.444 e. The van der Waals surface area contributed by atoms with Gasteiger partial charge in [-0.3, -0.25) is 4.90 Å². The molecule has 0 spiro atoms. The molecule has 0 aliphatic carbocycles. The van der Waals surface area contributed by atoms with Crippen molar-refractivity contribution in [3.8, 4) is 0 Å². The third-order valence-electron chi connectivity index (χ3n) is 4.73. The lowest BCUT2D eigenvalue weighted by Gasteiger charge is -2.45. The second kappa shape index (κ2) is 8.37. The van der Waals surface area contributed by atoms with E-state index in [1.807, 2.05) is 56.0 Å². The summed E-state index contributed by atoms with van der Waals surface area (Å²) in [5, 5.41) is 11.1. The van der Waals surface area contributed by atoms with E-state index < -0.39 is 11.3 Å². The SMILES string of the molecule is CO[C@@H](Cc1ccccc1)[C@@](C)(O)N1CCN(C(=O)OC(C)(C)C)CC1. The fourth-order valence-corrected chi connectivity index (χ4v) is 3.20. The van der Waals surface area contributed by atoms with E-state index in [1.165, 1.54) is 0 Å². The number of ether oxygens (including phenoxy) is 2. The highest BCUT2D eigenvalue weighted by molar-refractivity contribution is 5.68. The van der Waals surface area contributed by atoms with Crippen LogP contribution in [0.4, 0.5) is 4.79 Å². The Morgan fingerprint density at radius 3 is 2.19 bits per heavy atom. The molecule has 2 rings (SSSR count). The molecule has 0 bridgehead atoms. The molecule has 1 amide bonds. The van der Waals surface area contributed by atoms with Gasteiger partial charge in [0.25, 0.3) is 0 Å². The van der Waals surface area contributed by atoms with Gasteiger partial charge in [-0.25, -0.2) is 4.79 Å². The minimum absolute atomic E-state index is 0.302. The van der Waals surface area contributed by atoms with Crippen molar-refractivity contribution in [3.63, 3.8) is 0 Å². The second-order valence-corrected chi connectivity index (χ2v) is 7.96. The van der Waals surface area contributed by atoms with Crippen LogP contribution in [0.1, 0.15) is 33.3 Å². The highest BCUT2D eigenvalue weighted by atomic mass is 16.6. The van der Waals surface area contributed by atoms with Crippen LogP contribution in [-0.2, 0) is 15.9 Å². The molecule has 6 nitrogen and oxygen atoms in total. The summed E-state index contributed by atoms with van der Waals surface area (Å²) < 4.78 is 11.0. The third-order valence-corrected chi connectivity index (χ3v) is 4.73. The van der Waals surface area contributed by atoms with Gasteiger partial charge in [-0.1, -0.05) is 30.3 Å². The first kappa shape index (κ1) is 20.7. The normalized spacial score (nSPS) is 19.7. The number of hydrogen-bond acceptors (Lipinski definition) is 5. The maximum Gasteiger partial charge on any atom is 0.410 e. The van der Waals surface area contributed by atoms with Gasteiger partial charge >= 0.3 is 6.09 Å². The van der Waals surface area contributed by atoms with Crippen LogP contribution in [0.5, 0.6) is 0 Å².